The maximum absolute atomic E-state index is 11.6. The maximum atomic E-state index is 11.6. The lowest BCUT2D eigenvalue weighted by Crippen LogP contribution is -2.15. The van der Waals surface area contributed by atoms with Gasteiger partial charge in [0.2, 0.25) is 0 Å². The van der Waals surface area contributed by atoms with E-state index >= 15 is 0 Å². The van der Waals surface area contributed by atoms with E-state index in [0.717, 1.165) is 25.3 Å². The van der Waals surface area contributed by atoms with Crippen molar-refractivity contribution in [1.29, 1.82) is 0 Å². The average molecular weight is 324 g/mol. The molecule has 0 amide bonds. The van der Waals surface area contributed by atoms with Crippen molar-refractivity contribution in [2.75, 3.05) is 12.3 Å². The van der Waals surface area contributed by atoms with Gasteiger partial charge in [-0.25, -0.2) is 0 Å². The van der Waals surface area contributed by atoms with Crippen LogP contribution in [-0.2, 0) is 23.8 Å². The lowest BCUT2D eigenvalue weighted by molar-refractivity contribution is 0.614. The fraction of sp³-hybridized carbons (Fsp3) is 0.684. The van der Waals surface area contributed by atoms with Crippen molar-refractivity contribution in [3.8, 4) is 0 Å². The summed E-state index contributed by atoms with van der Waals surface area (Å²) in [6.07, 6.45) is 7.15. The third kappa shape index (κ3) is 8.70. The molecule has 0 bridgehead atoms. The summed E-state index contributed by atoms with van der Waals surface area (Å²) in [6, 6.07) is 9.00. The Balaban J connectivity index is 2.06. The van der Waals surface area contributed by atoms with Crippen molar-refractivity contribution in [3.05, 3.63) is 35.4 Å². The number of unbranched alkanes of at least 4 members (excludes halogenated alkanes) is 3. The van der Waals surface area contributed by atoms with Crippen LogP contribution < -0.4 is 5.32 Å². The molecule has 0 aliphatic carbocycles. The van der Waals surface area contributed by atoms with Crippen LogP contribution in [0.25, 0.3) is 0 Å². The van der Waals surface area contributed by atoms with Gasteiger partial charge in [0.05, 0.1) is 0 Å². The molecular weight excluding hydrogens is 290 g/mol. The Hall–Kier alpha value is -0.670. The highest BCUT2D eigenvalue weighted by Gasteiger charge is 2.03. The Labute approximate surface area is 139 Å². The second-order valence-corrected chi connectivity index (χ2v) is 8.40. The van der Waals surface area contributed by atoms with Crippen LogP contribution in [-0.4, -0.2) is 21.8 Å². The van der Waals surface area contributed by atoms with Crippen molar-refractivity contribution in [2.45, 2.75) is 71.1 Å². The van der Waals surface area contributed by atoms with Gasteiger partial charge in [0.1, 0.15) is 0 Å². The van der Waals surface area contributed by atoms with E-state index in [-0.39, 0.29) is 0 Å². The molecule has 0 fully saturated rings. The van der Waals surface area contributed by atoms with E-state index in [1.807, 2.05) is 13.8 Å². The molecule has 0 aliphatic rings. The standard InChI is InChI=1S/C19H33NOS/c1-4-5-9-18-10-12-19(13-11-18)16-20-14-7-6-8-15-22(21)17(2)3/h10-13,17,20H,4-9,14-16H2,1-3H3. The van der Waals surface area contributed by atoms with Crippen molar-refractivity contribution >= 4 is 10.8 Å². The Morgan fingerprint density at radius 3 is 2.32 bits per heavy atom. The predicted octanol–water partition coefficient (Wildman–Crippen LogP) is 4.45. The van der Waals surface area contributed by atoms with Gasteiger partial charge >= 0.3 is 0 Å². The van der Waals surface area contributed by atoms with Crippen LogP contribution in [0.2, 0.25) is 0 Å². The molecular formula is C19H33NOS. The maximum Gasteiger partial charge on any atom is 0.0291 e. The number of hydrogen-bond acceptors (Lipinski definition) is 2. The van der Waals surface area contributed by atoms with Crippen LogP contribution in [0.1, 0.15) is 64.0 Å². The molecule has 0 heterocycles. The van der Waals surface area contributed by atoms with Gasteiger partial charge in [0.25, 0.3) is 0 Å². The molecule has 1 aromatic carbocycles. The molecule has 1 aromatic rings. The molecule has 0 spiro atoms. The highest BCUT2D eigenvalue weighted by Crippen LogP contribution is 2.08. The van der Waals surface area contributed by atoms with Gasteiger partial charge in [0.15, 0.2) is 0 Å². The van der Waals surface area contributed by atoms with Gasteiger partial charge in [0, 0.05) is 28.3 Å². The topological polar surface area (TPSA) is 29.1 Å². The SMILES string of the molecule is CCCCc1ccc(CNCCCCCS(=O)C(C)C)cc1. The Kier molecular flexibility index (Phi) is 10.4. The van der Waals surface area contributed by atoms with Crippen LogP contribution in [0.15, 0.2) is 24.3 Å². The molecule has 2 nitrogen and oxygen atoms in total. The van der Waals surface area contributed by atoms with E-state index in [9.17, 15) is 4.21 Å². The summed E-state index contributed by atoms with van der Waals surface area (Å²) >= 11 is 0. The van der Waals surface area contributed by atoms with Gasteiger partial charge in [-0.1, -0.05) is 57.9 Å². The second kappa shape index (κ2) is 11.8. The molecule has 22 heavy (non-hydrogen) atoms. The van der Waals surface area contributed by atoms with Gasteiger partial charge in [-0.2, -0.15) is 0 Å². The van der Waals surface area contributed by atoms with Gasteiger partial charge in [-0.3, -0.25) is 4.21 Å². The molecule has 0 aromatic heterocycles. The van der Waals surface area contributed by atoms with E-state index in [4.69, 9.17) is 0 Å². The molecule has 0 radical (unpaired) electrons. The third-order valence-corrected chi connectivity index (χ3v) is 5.64. The first kappa shape index (κ1) is 19.4. The van der Waals surface area contributed by atoms with E-state index in [1.54, 1.807) is 0 Å². The number of nitrogens with one attached hydrogen (secondary N) is 1. The first-order chi connectivity index (χ1) is 10.6. The smallest absolute Gasteiger partial charge is 0.0291 e. The summed E-state index contributed by atoms with van der Waals surface area (Å²) in [7, 11) is -0.634. The van der Waals surface area contributed by atoms with Gasteiger partial charge in [-0.05, 0) is 43.4 Å². The third-order valence-electron chi connectivity index (χ3n) is 3.90. The fourth-order valence-corrected chi connectivity index (χ4v) is 3.30. The molecule has 1 unspecified atom stereocenters. The van der Waals surface area contributed by atoms with Crippen molar-refractivity contribution < 1.29 is 4.21 Å². The lowest BCUT2D eigenvalue weighted by atomic mass is 10.1. The molecule has 126 valence electrons. The monoisotopic (exact) mass is 323 g/mol. The lowest BCUT2D eigenvalue weighted by Gasteiger charge is -2.07. The van der Waals surface area contributed by atoms with E-state index in [1.165, 1.54) is 43.2 Å². The highest BCUT2D eigenvalue weighted by atomic mass is 32.2. The second-order valence-electron chi connectivity index (χ2n) is 6.29. The number of rotatable bonds is 12. The van der Waals surface area contributed by atoms with E-state index in [0.29, 0.717) is 5.25 Å². The summed E-state index contributed by atoms with van der Waals surface area (Å²) < 4.78 is 11.6. The molecule has 0 saturated carbocycles. The first-order valence-corrected chi connectivity index (χ1v) is 10.2. The summed E-state index contributed by atoms with van der Waals surface area (Å²) in [5, 5.41) is 3.80. The van der Waals surface area contributed by atoms with Gasteiger partial charge < -0.3 is 5.32 Å². The normalized spacial score (nSPS) is 12.7. The summed E-state index contributed by atoms with van der Waals surface area (Å²) in [6.45, 7) is 8.30. The molecule has 1 N–H and O–H groups in total. The summed E-state index contributed by atoms with van der Waals surface area (Å²) in [5.74, 6) is 0.858. The molecule has 1 rings (SSSR count). The fourth-order valence-electron chi connectivity index (χ4n) is 2.34. The average Bonchev–Trinajstić information content (AvgIpc) is 2.52. The molecule has 1 atom stereocenters. The number of aryl methyl sites for hydroxylation is 1. The highest BCUT2D eigenvalue weighted by molar-refractivity contribution is 7.85. The minimum atomic E-state index is -0.634. The van der Waals surface area contributed by atoms with Crippen LogP contribution >= 0.6 is 0 Å². The van der Waals surface area contributed by atoms with Crippen molar-refractivity contribution in [2.24, 2.45) is 0 Å². The first-order valence-electron chi connectivity index (χ1n) is 8.79. The van der Waals surface area contributed by atoms with Crippen molar-refractivity contribution in [1.82, 2.24) is 5.32 Å². The minimum absolute atomic E-state index is 0.304. The summed E-state index contributed by atoms with van der Waals surface area (Å²) in [4.78, 5) is 0. The predicted molar refractivity (Wildman–Crippen MR) is 98.8 cm³/mol. The zero-order valence-electron chi connectivity index (χ0n) is 14.6. The van der Waals surface area contributed by atoms with Crippen LogP contribution in [0, 0.1) is 0 Å². The molecule has 0 saturated heterocycles. The van der Waals surface area contributed by atoms with E-state index in [2.05, 4.69) is 36.5 Å². The number of hydrogen-bond donors (Lipinski definition) is 1. The Morgan fingerprint density at radius 1 is 1.00 bits per heavy atom. The molecule has 3 heteroatoms. The Morgan fingerprint density at radius 2 is 1.68 bits per heavy atom. The van der Waals surface area contributed by atoms with Crippen LogP contribution in [0.5, 0.6) is 0 Å². The summed E-state index contributed by atoms with van der Waals surface area (Å²) in [5.41, 5.74) is 2.81. The van der Waals surface area contributed by atoms with Crippen LogP contribution in [0.3, 0.4) is 0 Å². The number of benzene rings is 1. The largest absolute Gasteiger partial charge is 0.313 e. The van der Waals surface area contributed by atoms with E-state index < -0.39 is 10.8 Å². The molecule has 0 aliphatic heterocycles. The quantitative estimate of drug-likeness (QED) is 0.576. The van der Waals surface area contributed by atoms with Crippen molar-refractivity contribution in [3.63, 3.8) is 0 Å². The Bertz CT molecular complexity index is 414. The minimum Gasteiger partial charge on any atom is -0.313 e. The van der Waals surface area contributed by atoms with Crippen LogP contribution in [0.4, 0.5) is 0 Å². The van der Waals surface area contributed by atoms with Gasteiger partial charge in [-0.15, -0.1) is 0 Å². The zero-order chi connectivity index (χ0) is 16.2. The zero-order valence-corrected chi connectivity index (χ0v) is 15.4.